The molecule has 0 aromatic carbocycles. The quantitative estimate of drug-likeness (QED) is 0.572. The van der Waals surface area contributed by atoms with E-state index in [1.54, 1.807) is 0 Å². The van der Waals surface area contributed by atoms with Gasteiger partial charge in [-0.05, 0) is 64.5 Å². The van der Waals surface area contributed by atoms with E-state index in [2.05, 4.69) is 25.4 Å². The fourth-order valence-electron chi connectivity index (χ4n) is 5.03. The van der Waals surface area contributed by atoms with Gasteiger partial charge in [-0.3, -0.25) is 9.89 Å². The Bertz CT molecular complexity index is 473. The predicted molar refractivity (Wildman–Crippen MR) is 106 cm³/mol. The fraction of sp³-hybridized carbons (Fsp3) is 0.950. The molecule has 0 unspecified atom stereocenters. The molecule has 3 saturated heterocycles. The van der Waals surface area contributed by atoms with Crippen molar-refractivity contribution < 1.29 is 4.74 Å². The summed E-state index contributed by atoms with van der Waals surface area (Å²) in [6.45, 7) is 7.74. The summed E-state index contributed by atoms with van der Waals surface area (Å²) in [5.41, 5.74) is 0.252. The van der Waals surface area contributed by atoms with Crippen LogP contribution >= 0.6 is 0 Å². The van der Waals surface area contributed by atoms with E-state index < -0.39 is 0 Å². The molecule has 0 aromatic heterocycles. The topological polar surface area (TPSA) is 52.1 Å². The lowest BCUT2D eigenvalue weighted by molar-refractivity contribution is -0.0164. The van der Waals surface area contributed by atoms with Crippen molar-refractivity contribution in [3.8, 4) is 0 Å². The first kappa shape index (κ1) is 18.5. The molecule has 26 heavy (non-hydrogen) atoms. The molecule has 0 bridgehead atoms. The Hall–Kier alpha value is -0.850. The smallest absolute Gasteiger partial charge is 0.191 e. The fourth-order valence-corrected chi connectivity index (χ4v) is 5.03. The molecule has 4 rings (SSSR count). The van der Waals surface area contributed by atoms with Crippen LogP contribution in [0.4, 0.5) is 0 Å². The van der Waals surface area contributed by atoms with E-state index in [9.17, 15) is 0 Å². The van der Waals surface area contributed by atoms with Gasteiger partial charge in [0.1, 0.15) is 0 Å². The monoisotopic (exact) mass is 363 g/mol. The molecule has 148 valence electrons. The molecule has 1 aliphatic carbocycles. The van der Waals surface area contributed by atoms with Gasteiger partial charge >= 0.3 is 0 Å². The van der Waals surface area contributed by atoms with Crippen molar-refractivity contribution in [3.63, 3.8) is 0 Å². The zero-order chi connectivity index (χ0) is 17.8. The molecule has 4 aliphatic rings. The lowest BCUT2D eigenvalue weighted by Crippen LogP contribution is -2.59. The lowest BCUT2D eigenvalue weighted by atomic mass is 9.88. The largest absolute Gasteiger partial charge is 0.381 e. The van der Waals surface area contributed by atoms with E-state index in [0.717, 1.165) is 44.6 Å². The molecule has 1 saturated carbocycles. The van der Waals surface area contributed by atoms with Crippen molar-refractivity contribution in [1.82, 2.24) is 20.4 Å². The highest BCUT2D eigenvalue weighted by atomic mass is 16.5. The number of ether oxygens (including phenoxy) is 1. The lowest BCUT2D eigenvalue weighted by Gasteiger charge is -2.45. The van der Waals surface area contributed by atoms with Crippen LogP contribution in [-0.4, -0.2) is 86.4 Å². The number of likely N-dealkylation sites (tertiary alicyclic amines) is 2. The van der Waals surface area contributed by atoms with E-state index in [4.69, 9.17) is 4.74 Å². The number of guanidine groups is 1. The van der Waals surface area contributed by atoms with Gasteiger partial charge in [0, 0.05) is 57.5 Å². The Morgan fingerprint density at radius 1 is 1.04 bits per heavy atom. The molecule has 3 heterocycles. The first-order valence-corrected chi connectivity index (χ1v) is 10.8. The van der Waals surface area contributed by atoms with Gasteiger partial charge in [-0.25, -0.2) is 0 Å². The van der Waals surface area contributed by atoms with Crippen molar-refractivity contribution in [3.05, 3.63) is 0 Å². The number of hydrogen-bond acceptors (Lipinski definition) is 4. The van der Waals surface area contributed by atoms with Crippen LogP contribution in [0.25, 0.3) is 0 Å². The summed E-state index contributed by atoms with van der Waals surface area (Å²) in [6, 6.07) is 1.47. The Balaban J connectivity index is 1.28. The highest BCUT2D eigenvalue weighted by Crippen LogP contribution is 2.31. The van der Waals surface area contributed by atoms with Gasteiger partial charge in [-0.1, -0.05) is 0 Å². The summed E-state index contributed by atoms with van der Waals surface area (Å²) < 4.78 is 5.67. The van der Waals surface area contributed by atoms with Gasteiger partial charge in [0.25, 0.3) is 0 Å². The van der Waals surface area contributed by atoms with E-state index in [1.165, 1.54) is 64.7 Å². The standard InChI is InChI=1S/C20H37N5O/c1-21-19(23-17-6-12-24(13-7-17)18-4-5-18)22-16-20(8-14-26-15-9-20)25-10-2-3-11-25/h17-18H,2-16H2,1H3,(H2,21,22,23). The third-order valence-electron chi connectivity index (χ3n) is 6.94. The van der Waals surface area contributed by atoms with Crippen LogP contribution in [0.1, 0.15) is 51.4 Å². The van der Waals surface area contributed by atoms with Crippen LogP contribution in [0, 0.1) is 0 Å². The second-order valence-corrected chi connectivity index (χ2v) is 8.64. The SMILES string of the molecule is CN=C(NCC1(N2CCCC2)CCOCC1)NC1CCN(C2CC2)CC1. The van der Waals surface area contributed by atoms with Crippen molar-refractivity contribution in [2.24, 2.45) is 4.99 Å². The minimum atomic E-state index is 0.252. The predicted octanol–water partition coefficient (Wildman–Crippen LogP) is 1.42. The summed E-state index contributed by atoms with van der Waals surface area (Å²) in [6.07, 6.45) is 10.3. The minimum Gasteiger partial charge on any atom is -0.381 e. The Morgan fingerprint density at radius 3 is 2.35 bits per heavy atom. The summed E-state index contributed by atoms with van der Waals surface area (Å²) in [5, 5.41) is 7.37. The molecule has 0 radical (unpaired) electrons. The molecule has 4 fully saturated rings. The number of nitrogens with zero attached hydrogens (tertiary/aromatic N) is 3. The van der Waals surface area contributed by atoms with Crippen molar-refractivity contribution in [1.29, 1.82) is 0 Å². The van der Waals surface area contributed by atoms with Gasteiger partial charge in [0.15, 0.2) is 5.96 Å². The maximum atomic E-state index is 5.67. The van der Waals surface area contributed by atoms with E-state index in [0.29, 0.717) is 6.04 Å². The van der Waals surface area contributed by atoms with E-state index in [-0.39, 0.29) is 5.54 Å². The van der Waals surface area contributed by atoms with Gasteiger partial charge in [0.2, 0.25) is 0 Å². The third-order valence-corrected chi connectivity index (χ3v) is 6.94. The van der Waals surface area contributed by atoms with E-state index in [1.807, 2.05) is 7.05 Å². The molecule has 0 atom stereocenters. The number of hydrogen-bond donors (Lipinski definition) is 2. The molecule has 6 nitrogen and oxygen atoms in total. The zero-order valence-electron chi connectivity index (χ0n) is 16.5. The van der Waals surface area contributed by atoms with Crippen molar-refractivity contribution in [2.45, 2.75) is 69.0 Å². The first-order valence-electron chi connectivity index (χ1n) is 10.8. The molecular formula is C20H37N5O. The first-order chi connectivity index (χ1) is 12.8. The van der Waals surface area contributed by atoms with Crippen LogP contribution in [0.15, 0.2) is 4.99 Å². The van der Waals surface area contributed by atoms with Gasteiger partial charge in [-0.2, -0.15) is 0 Å². The summed E-state index contributed by atoms with van der Waals surface area (Å²) in [4.78, 5) is 9.91. The van der Waals surface area contributed by atoms with Crippen LogP contribution in [0.3, 0.4) is 0 Å². The Kier molecular flexibility index (Phi) is 6.01. The average molecular weight is 364 g/mol. The molecular weight excluding hydrogens is 326 g/mol. The molecule has 0 amide bonds. The maximum Gasteiger partial charge on any atom is 0.191 e. The summed E-state index contributed by atoms with van der Waals surface area (Å²) >= 11 is 0. The van der Waals surface area contributed by atoms with Gasteiger partial charge in [0.05, 0.1) is 0 Å². The third kappa shape index (κ3) is 4.34. The Morgan fingerprint density at radius 2 is 1.73 bits per heavy atom. The Labute approximate surface area is 158 Å². The van der Waals surface area contributed by atoms with Crippen molar-refractivity contribution in [2.75, 3.05) is 53.0 Å². The van der Waals surface area contributed by atoms with Crippen LogP contribution < -0.4 is 10.6 Å². The van der Waals surface area contributed by atoms with Gasteiger partial charge < -0.3 is 20.3 Å². The summed E-state index contributed by atoms with van der Waals surface area (Å²) in [5.74, 6) is 0.986. The maximum absolute atomic E-state index is 5.67. The van der Waals surface area contributed by atoms with Crippen molar-refractivity contribution >= 4 is 5.96 Å². The second kappa shape index (κ2) is 8.44. The molecule has 3 aliphatic heterocycles. The molecule has 2 N–H and O–H groups in total. The number of nitrogens with one attached hydrogen (secondary N) is 2. The van der Waals surface area contributed by atoms with Crippen LogP contribution in [-0.2, 0) is 4.74 Å². The molecule has 0 spiro atoms. The minimum absolute atomic E-state index is 0.252. The zero-order valence-corrected chi connectivity index (χ0v) is 16.5. The van der Waals surface area contributed by atoms with Gasteiger partial charge in [-0.15, -0.1) is 0 Å². The highest BCUT2D eigenvalue weighted by molar-refractivity contribution is 5.80. The molecule has 0 aromatic rings. The van der Waals surface area contributed by atoms with Crippen LogP contribution in [0.2, 0.25) is 0 Å². The number of aliphatic imine (C=N–C) groups is 1. The average Bonchev–Trinajstić information content (AvgIpc) is 3.39. The normalized spacial score (nSPS) is 29.0. The number of rotatable bonds is 5. The second-order valence-electron chi connectivity index (χ2n) is 8.64. The van der Waals surface area contributed by atoms with Crippen LogP contribution in [0.5, 0.6) is 0 Å². The van der Waals surface area contributed by atoms with E-state index >= 15 is 0 Å². The number of piperidine rings is 1. The highest BCUT2D eigenvalue weighted by Gasteiger charge is 2.39. The molecule has 6 heteroatoms. The summed E-state index contributed by atoms with van der Waals surface area (Å²) in [7, 11) is 1.90.